The molecule has 0 saturated heterocycles. The first kappa shape index (κ1) is 12.7. The number of rotatable bonds is 1. The maximum Gasteiger partial charge on any atom is 0.433 e. The molecule has 0 unspecified atom stereocenters. The molecule has 20 heavy (non-hydrogen) atoms. The van der Waals surface area contributed by atoms with E-state index >= 15 is 0 Å². The van der Waals surface area contributed by atoms with Crippen LogP contribution in [-0.4, -0.2) is 9.78 Å². The van der Waals surface area contributed by atoms with Crippen molar-refractivity contribution in [1.82, 2.24) is 9.78 Å². The normalized spacial score (nSPS) is 12.0. The Bertz CT molecular complexity index is 772. The summed E-state index contributed by atoms with van der Waals surface area (Å²) in [6.07, 6.45) is -4.39. The third-order valence-electron chi connectivity index (χ3n) is 3.22. The summed E-state index contributed by atoms with van der Waals surface area (Å²) in [6, 6.07) is 14.3. The van der Waals surface area contributed by atoms with Crippen molar-refractivity contribution in [1.29, 1.82) is 0 Å². The van der Waals surface area contributed by atoms with E-state index in [2.05, 4.69) is 5.10 Å². The SMILES string of the molecule is Cn1nc(-c2ccc3ccccc3c2)cc1C(F)(F)F. The van der Waals surface area contributed by atoms with Gasteiger partial charge in [-0.05, 0) is 22.9 Å². The molecule has 0 atom stereocenters. The van der Waals surface area contributed by atoms with E-state index in [1.165, 1.54) is 7.05 Å². The molecule has 0 radical (unpaired) electrons. The zero-order valence-electron chi connectivity index (χ0n) is 10.6. The highest BCUT2D eigenvalue weighted by Gasteiger charge is 2.35. The highest BCUT2D eigenvalue weighted by molar-refractivity contribution is 5.86. The van der Waals surface area contributed by atoms with E-state index in [0.717, 1.165) is 21.5 Å². The molecule has 0 bridgehead atoms. The van der Waals surface area contributed by atoms with Crippen LogP contribution in [0.3, 0.4) is 0 Å². The smallest absolute Gasteiger partial charge is 0.263 e. The van der Waals surface area contributed by atoms with Crippen LogP contribution in [0.4, 0.5) is 13.2 Å². The van der Waals surface area contributed by atoms with E-state index in [4.69, 9.17) is 0 Å². The average Bonchev–Trinajstić information content (AvgIpc) is 2.80. The van der Waals surface area contributed by atoms with Gasteiger partial charge in [-0.1, -0.05) is 36.4 Å². The summed E-state index contributed by atoms with van der Waals surface area (Å²) in [5.41, 5.74) is 0.251. The fraction of sp³-hybridized carbons (Fsp3) is 0.133. The van der Waals surface area contributed by atoms with Crippen LogP contribution >= 0.6 is 0 Å². The minimum atomic E-state index is -4.39. The van der Waals surface area contributed by atoms with Gasteiger partial charge in [-0.15, -0.1) is 0 Å². The lowest BCUT2D eigenvalue weighted by molar-refractivity contribution is -0.143. The van der Waals surface area contributed by atoms with Crippen molar-refractivity contribution in [2.75, 3.05) is 0 Å². The Kier molecular flexibility index (Phi) is 2.78. The van der Waals surface area contributed by atoms with E-state index in [1.54, 1.807) is 6.07 Å². The lowest BCUT2D eigenvalue weighted by atomic mass is 10.1. The van der Waals surface area contributed by atoms with Gasteiger partial charge in [-0.2, -0.15) is 18.3 Å². The highest BCUT2D eigenvalue weighted by atomic mass is 19.4. The first-order valence-corrected chi connectivity index (χ1v) is 6.05. The third kappa shape index (κ3) is 2.15. The summed E-state index contributed by atoms with van der Waals surface area (Å²) in [6.45, 7) is 0. The van der Waals surface area contributed by atoms with Crippen molar-refractivity contribution >= 4 is 10.8 Å². The molecule has 3 aromatic rings. The molecule has 2 nitrogen and oxygen atoms in total. The molecule has 0 aliphatic carbocycles. The van der Waals surface area contributed by atoms with Gasteiger partial charge in [0.1, 0.15) is 5.69 Å². The van der Waals surface area contributed by atoms with E-state index in [9.17, 15) is 13.2 Å². The molecule has 0 spiro atoms. The Hall–Kier alpha value is -2.30. The van der Waals surface area contributed by atoms with E-state index < -0.39 is 11.9 Å². The molecule has 0 N–H and O–H groups in total. The van der Waals surface area contributed by atoms with Gasteiger partial charge in [0.2, 0.25) is 0 Å². The van der Waals surface area contributed by atoms with Crippen molar-refractivity contribution in [3.8, 4) is 11.3 Å². The van der Waals surface area contributed by atoms with Crippen molar-refractivity contribution in [2.24, 2.45) is 7.05 Å². The molecular weight excluding hydrogens is 265 g/mol. The van der Waals surface area contributed by atoms with Crippen molar-refractivity contribution in [3.63, 3.8) is 0 Å². The molecule has 0 aliphatic heterocycles. The number of benzene rings is 2. The van der Waals surface area contributed by atoms with Gasteiger partial charge >= 0.3 is 6.18 Å². The van der Waals surface area contributed by atoms with Crippen molar-refractivity contribution in [3.05, 3.63) is 54.2 Å². The lowest BCUT2D eigenvalue weighted by Gasteiger charge is -2.04. The second-order valence-corrected chi connectivity index (χ2v) is 4.60. The van der Waals surface area contributed by atoms with Gasteiger partial charge in [0, 0.05) is 12.6 Å². The Labute approximate surface area is 113 Å². The number of halogens is 3. The van der Waals surface area contributed by atoms with Crippen molar-refractivity contribution < 1.29 is 13.2 Å². The van der Waals surface area contributed by atoms with Crippen LogP contribution in [0.25, 0.3) is 22.0 Å². The van der Waals surface area contributed by atoms with Gasteiger partial charge in [0.15, 0.2) is 0 Å². The third-order valence-corrected chi connectivity index (χ3v) is 3.22. The number of aromatic nitrogens is 2. The zero-order chi connectivity index (χ0) is 14.3. The molecule has 2 aromatic carbocycles. The molecule has 102 valence electrons. The van der Waals surface area contributed by atoms with E-state index in [-0.39, 0.29) is 0 Å². The number of fused-ring (bicyclic) bond motifs is 1. The molecule has 0 aliphatic rings. The number of aryl methyl sites for hydroxylation is 1. The Morgan fingerprint density at radius 3 is 2.30 bits per heavy atom. The largest absolute Gasteiger partial charge is 0.433 e. The lowest BCUT2D eigenvalue weighted by Crippen LogP contribution is -2.11. The van der Waals surface area contributed by atoms with Crippen LogP contribution < -0.4 is 0 Å². The highest BCUT2D eigenvalue weighted by Crippen LogP contribution is 2.32. The number of alkyl halides is 3. The molecule has 1 heterocycles. The summed E-state index contributed by atoms with van der Waals surface area (Å²) >= 11 is 0. The quantitative estimate of drug-likeness (QED) is 0.649. The zero-order valence-corrected chi connectivity index (χ0v) is 10.6. The van der Waals surface area contributed by atoms with Crippen LogP contribution in [0.1, 0.15) is 5.69 Å². The maximum absolute atomic E-state index is 12.8. The molecule has 0 fully saturated rings. The van der Waals surface area contributed by atoms with E-state index in [1.807, 2.05) is 36.4 Å². The number of hydrogen-bond acceptors (Lipinski definition) is 1. The maximum atomic E-state index is 12.8. The van der Waals surface area contributed by atoms with Crippen LogP contribution in [0, 0.1) is 0 Å². The minimum absolute atomic E-state index is 0.325. The molecule has 0 saturated carbocycles. The predicted molar refractivity (Wildman–Crippen MR) is 71.2 cm³/mol. The van der Waals surface area contributed by atoms with Gasteiger partial charge in [-0.3, -0.25) is 4.68 Å². The average molecular weight is 276 g/mol. The molecule has 0 amide bonds. The predicted octanol–water partition coefficient (Wildman–Crippen LogP) is 4.26. The Morgan fingerprint density at radius 2 is 1.65 bits per heavy atom. The molecule has 5 heteroatoms. The van der Waals surface area contributed by atoms with Gasteiger partial charge < -0.3 is 0 Å². The second-order valence-electron chi connectivity index (χ2n) is 4.60. The first-order chi connectivity index (χ1) is 9.45. The van der Waals surface area contributed by atoms with Crippen LogP contribution in [-0.2, 0) is 13.2 Å². The van der Waals surface area contributed by atoms with Crippen LogP contribution in [0.5, 0.6) is 0 Å². The summed E-state index contributed by atoms with van der Waals surface area (Å²) in [5.74, 6) is 0. The number of nitrogens with zero attached hydrogens (tertiary/aromatic N) is 2. The number of hydrogen-bond donors (Lipinski definition) is 0. The van der Waals surface area contributed by atoms with Crippen LogP contribution in [0.2, 0.25) is 0 Å². The Balaban J connectivity index is 2.11. The standard InChI is InChI=1S/C15H11F3N2/c1-20-14(15(16,17)18)9-13(19-20)12-7-6-10-4-2-3-5-11(10)8-12/h2-9H,1H3. The summed E-state index contributed by atoms with van der Waals surface area (Å²) < 4.78 is 39.2. The van der Waals surface area contributed by atoms with Gasteiger partial charge in [0.25, 0.3) is 0 Å². The first-order valence-electron chi connectivity index (χ1n) is 6.05. The monoisotopic (exact) mass is 276 g/mol. The molecular formula is C15H11F3N2. The van der Waals surface area contributed by atoms with Gasteiger partial charge in [-0.25, -0.2) is 0 Å². The minimum Gasteiger partial charge on any atom is -0.263 e. The second kappa shape index (κ2) is 4.37. The summed E-state index contributed by atoms with van der Waals surface area (Å²) in [4.78, 5) is 0. The Morgan fingerprint density at radius 1 is 0.950 bits per heavy atom. The van der Waals surface area contributed by atoms with Crippen molar-refractivity contribution in [2.45, 2.75) is 6.18 Å². The fourth-order valence-electron chi connectivity index (χ4n) is 2.22. The van der Waals surface area contributed by atoms with Gasteiger partial charge in [0.05, 0.1) is 5.69 Å². The van der Waals surface area contributed by atoms with E-state index in [0.29, 0.717) is 11.3 Å². The summed E-state index contributed by atoms with van der Waals surface area (Å²) in [7, 11) is 1.30. The summed E-state index contributed by atoms with van der Waals surface area (Å²) in [5, 5.41) is 5.97. The topological polar surface area (TPSA) is 17.8 Å². The molecule has 1 aromatic heterocycles. The fourth-order valence-corrected chi connectivity index (χ4v) is 2.22. The molecule has 3 rings (SSSR count). The van der Waals surface area contributed by atoms with Crippen LogP contribution in [0.15, 0.2) is 48.5 Å².